The van der Waals surface area contributed by atoms with Gasteiger partial charge in [0.25, 0.3) is 5.91 Å². The first kappa shape index (κ1) is 18.8. The van der Waals surface area contributed by atoms with E-state index in [2.05, 4.69) is 20.4 Å². The van der Waals surface area contributed by atoms with Crippen LogP contribution in [0, 0.1) is 24.4 Å². The molecule has 0 radical (unpaired) electrons. The van der Waals surface area contributed by atoms with Crippen LogP contribution in [0.3, 0.4) is 0 Å². The van der Waals surface area contributed by atoms with Gasteiger partial charge in [-0.3, -0.25) is 9.78 Å². The highest BCUT2D eigenvalue weighted by Crippen LogP contribution is 2.34. The predicted octanol–water partition coefficient (Wildman–Crippen LogP) is 4.37. The van der Waals surface area contributed by atoms with Crippen LogP contribution in [0.15, 0.2) is 48.4 Å². The van der Waals surface area contributed by atoms with Crippen molar-refractivity contribution in [1.82, 2.24) is 19.7 Å². The van der Waals surface area contributed by atoms with Crippen LogP contribution in [0.25, 0.3) is 16.3 Å². The van der Waals surface area contributed by atoms with Crippen LogP contribution in [0.5, 0.6) is 0 Å². The summed E-state index contributed by atoms with van der Waals surface area (Å²) in [4.78, 5) is 20.0. The number of aromatic nitrogens is 4. The number of halogens is 3. The molecule has 1 N–H and O–H groups in total. The van der Waals surface area contributed by atoms with Crippen LogP contribution in [0.4, 0.5) is 18.9 Å². The molecule has 146 valence electrons. The van der Waals surface area contributed by atoms with Crippen molar-refractivity contribution in [3.05, 3.63) is 77.1 Å². The molecule has 0 fully saturated rings. The van der Waals surface area contributed by atoms with Crippen molar-refractivity contribution in [1.29, 1.82) is 0 Å². The van der Waals surface area contributed by atoms with Gasteiger partial charge in [-0.1, -0.05) is 0 Å². The summed E-state index contributed by atoms with van der Waals surface area (Å²) in [7, 11) is 0. The fraction of sp³-hybridized carbons (Fsp3) is 0.0526. The zero-order valence-corrected chi connectivity index (χ0v) is 15.7. The zero-order valence-electron chi connectivity index (χ0n) is 14.9. The number of carbonyl (C=O) groups is 1. The summed E-state index contributed by atoms with van der Waals surface area (Å²) in [5, 5.41) is 8.59. The second kappa shape index (κ2) is 7.47. The Morgan fingerprint density at radius 2 is 1.90 bits per heavy atom. The number of benzene rings is 1. The van der Waals surface area contributed by atoms with Gasteiger partial charge in [-0.2, -0.15) is 5.10 Å². The Labute approximate surface area is 166 Å². The molecule has 1 amide bonds. The molecular weight excluding hydrogens is 403 g/mol. The molecule has 29 heavy (non-hydrogen) atoms. The number of pyridine rings is 1. The molecule has 1 aromatic carbocycles. The fourth-order valence-electron chi connectivity index (χ4n) is 2.76. The van der Waals surface area contributed by atoms with Gasteiger partial charge in [-0.15, -0.1) is 11.3 Å². The molecule has 0 saturated carbocycles. The van der Waals surface area contributed by atoms with E-state index >= 15 is 0 Å². The number of rotatable bonds is 4. The van der Waals surface area contributed by atoms with Gasteiger partial charge < -0.3 is 5.32 Å². The maximum Gasteiger partial charge on any atom is 0.255 e. The Balaban J connectivity index is 1.72. The lowest BCUT2D eigenvalue weighted by Gasteiger charge is -2.11. The Morgan fingerprint density at radius 1 is 1.14 bits per heavy atom. The van der Waals surface area contributed by atoms with Gasteiger partial charge in [0.15, 0.2) is 11.6 Å². The molecule has 0 atom stereocenters. The maximum atomic E-state index is 14.8. The largest absolute Gasteiger partial charge is 0.319 e. The van der Waals surface area contributed by atoms with Crippen LogP contribution in [0.1, 0.15) is 16.1 Å². The van der Waals surface area contributed by atoms with Crippen LogP contribution >= 0.6 is 11.3 Å². The quantitative estimate of drug-likeness (QED) is 0.503. The average Bonchev–Trinajstić information content (AvgIpc) is 3.37. The van der Waals surface area contributed by atoms with Crippen molar-refractivity contribution in [2.45, 2.75) is 6.92 Å². The SMILES string of the molecule is Cc1nn(-c2nccs2)cc1-c1c(F)cc(NC(=O)c2ccncc2)c(F)c1F. The highest BCUT2D eigenvalue weighted by Gasteiger charge is 2.24. The Bertz CT molecular complexity index is 1190. The molecule has 0 unspecified atom stereocenters. The Kier molecular flexibility index (Phi) is 4.85. The van der Waals surface area contributed by atoms with Crippen LogP contribution in [0.2, 0.25) is 0 Å². The minimum Gasteiger partial charge on any atom is -0.319 e. The summed E-state index contributed by atoms with van der Waals surface area (Å²) in [6.07, 6.45) is 5.69. The number of anilines is 1. The van der Waals surface area contributed by atoms with Crippen molar-refractivity contribution in [3.63, 3.8) is 0 Å². The van der Waals surface area contributed by atoms with E-state index in [4.69, 9.17) is 0 Å². The standard InChI is InChI=1S/C19H12F3N5OS/c1-10-12(9-27(26-10)19-24-6-7-29-19)15-13(20)8-14(16(21)17(15)22)25-18(28)11-2-4-23-5-3-11/h2-9H,1H3,(H,25,28). The normalized spacial score (nSPS) is 10.9. The van der Waals surface area contributed by atoms with Crippen molar-refractivity contribution in [3.8, 4) is 16.3 Å². The molecule has 10 heteroatoms. The summed E-state index contributed by atoms with van der Waals surface area (Å²) < 4.78 is 45.5. The molecule has 0 aliphatic carbocycles. The number of thiazole rings is 1. The van der Waals surface area contributed by atoms with E-state index in [9.17, 15) is 18.0 Å². The third-order valence-electron chi connectivity index (χ3n) is 4.13. The first-order chi connectivity index (χ1) is 14.0. The lowest BCUT2D eigenvalue weighted by molar-refractivity contribution is 0.102. The first-order valence-electron chi connectivity index (χ1n) is 8.31. The van der Waals surface area contributed by atoms with E-state index < -0.39 is 34.6 Å². The van der Waals surface area contributed by atoms with Gasteiger partial charge in [0, 0.05) is 47.4 Å². The molecule has 0 aliphatic rings. The van der Waals surface area contributed by atoms with E-state index in [0.717, 1.165) is 6.07 Å². The second-order valence-corrected chi connectivity index (χ2v) is 6.86. The van der Waals surface area contributed by atoms with Gasteiger partial charge >= 0.3 is 0 Å². The minimum absolute atomic E-state index is 0.0844. The number of carbonyl (C=O) groups excluding carboxylic acids is 1. The Morgan fingerprint density at radius 3 is 2.59 bits per heavy atom. The van der Waals surface area contributed by atoms with E-state index in [1.165, 1.54) is 46.7 Å². The molecular formula is C19H12F3N5OS. The molecule has 4 rings (SSSR count). The van der Waals surface area contributed by atoms with Gasteiger partial charge in [0.2, 0.25) is 5.13 Å². The molecule has 4 aromatic rings. The monoisotopic (exact) mass is 415 g/mol. The number of hydrogen-bond donors (Lipinski definition) is 1. The van der Waals surface area contributed by atoms with Crippen molar-refractivity contribution >= 4 is 22.9 Å². The summed E-state index contributed by atoms with van der Waals surface area (Å²) >= 11 is 1.29. The van der Waals surface area contributed by atoms with Crippen LogP contribution < -0.4 is 5.32 Å². The first-order valence-corrected chi connectivity index (χ1v) is 9.19. The number of nitrogens with one attached hydrogen (secondary N) is 1. The summed E-state index contributed by atoms with van der Waals surface area (Å²) in [5.41, 5.74) is -0.614. The predicted molar refractivity (Wildman–Crippen MR) is 101 cm³/mol. The topological polar surface area (TPSA) is 72.7 Å². The van der Waals surface area contributed by atoms with Crippen molar-refractivity contribution in [2.75, 3.05) is 5.32 Å². The van der Waals surface area contributed by atoms with E-state index in [0.29, 0.717) is 10.8 Å². The molecule has 3 heterocycles. The summed E-state index contributed by atoms with van der Waals surface area (Å²) in [5.74, 6) is -4.54. The van der Waals surface area contributed by atoms with Gasteiger partial charge in [0.1, 0.15) is 5.82 Å². The van der Waals surface area contributed by atoms with Gasteiger partial charge in [0.05, 0.1) is 16.9 Å². The highest BCUT2D eigenvalue weighted by molar-refractivity contribution is 7.12. The number of hydrogen-bond acceptors (Lipinski definition) is 5. The second-order valence-electron chi connectivity index (χ2n) is 5.99. The number of amides is 1. The number of nitrogens with zero attached hydrogens (tertiary/aromatic N) is 4. The van der Waals surface area contributed by atoms with E-state index in [-0.39, 0.29) is 11.1 Å². The lowest BCUT2D eigenvalue weighted by Crippen LogP contribution is -2.14. The van der Waals surface area contributed by atoms with Crippen LogP contribution in [-0.4, -0.2) is 25.7 Å². The van der Waals surface area contributed by atoms with Gasteiger partial charge in [-0.25, -0.2) is 22.8 Å². The van der Waals surface area contributed by atoms with Crippen molar-refractivity contribution in [2.24, 2.45) is 0 Å². The molecule has 6 nitrogen and oxygen atoms in total. The maximum absolute atomic E-state index is 14.8. The Hall–Kier alpha value is -3.53. The molecule has 0 bridgehead atoms. The average molecular weight is 415 g/mol. The summed E-state index contributed by atoms with van der Waals surface area (Å²) in [6.45, 7) is 1.55. The molecule has 0 spiro atoms. The highest BCUT2D eigenvalue weighted by atomic mass is 32.1. The number of aryl methyl sites for hydroxylation is 1. The smallest absolute Gasteiger partial charge is 0.255 e. The molecule has 0 aliphatic heterocycles. The third kappa shape index (κ3) is 3.49. The molecule has 3 aromatic heterocycles. The summed E-state index contributed by atoms with van der Waals surface area (Å²) in [6, 6.07) is 3.53. The van der Waals surface area contributed by atoms with Crippen molar-refractivity contribution < 1.29 is 18.0 Å². The van der Waals surface area contributed by atoms with E-state index in [1.807, 2.05) is 0 Å². The van der Waals surface area contributed by atoms with Gasteiger partial charge in [-0.05, 0) is 19.1 Å². The molecule has 0 saturated heterocycles. The third-order valence-corrected chi connectivity index (χ3v) is 4.89. The fourth-order valence-corrected chi connectivity index (χ4v) is 3.33. The zero-order chi connectivity index (χ0) is 20.5. The van der Waals surface area contributed by atoms with Crippen LogP contribution in [-0.2, 0) is 0 Å². The minimum atomic E-state index is -1.42. The lowest BCUT2D eigenvalue weighted by atomic mass is 10.0. The van der Waals surface area contributed by atoms with E-state index in [1.54, 1.807) is 18.5 Å².